The molecule has 0 aromatic heterocycles. The lowest BCUT2D eigenvalue weighted by Gasteiger charge is -2.24. The Kier molecular flexibility index (Phi) is 6.87. The summed E-state index contributed by atoms with van der Waals surface area (Å²) in [6.07, 6.45) is 2.38. The van der Waals surface area contributed by atoms with Crippen molar-refractivity contribution in [1.29, 1.82) is 0 Å². The van der Waals surface area contributed by atoms with Gasteiger partial charge >= 0.3 is 0 Å². The number of hydrogen-bond acceptors (Lipinski definition) is 2. The molecular weight excluding hydrogens is 316 g/mol. The largest absolute Gasteiger partial charge is 0.497 e. The minimum absolute atomic E-state index is 0.0402. The summed E-state index contributed by atoms with van der Waals surface area (Å²) in [5, 5.41) is 0.988. The monoisotopic (exact) mass is 342 g/mol. The Balaban J connectivity index is 2.88. The van der Waals surface area contributed by atoms with Crippen LogP contribution in [0.4, 0.5) is 0 Å². The van der Waals surface area contributed by atoms with E-state index in [2.05, 4.69) is 49.7 Å². The minimum Gasteiger partial charge on any atom is -0.497 e. The van der Waals surface area contributed by atoms with Crippen molar-refractivity contribution in [3.05, 3.63) is 23.8 Å². The summed E-state index contributed by atoms with van der Waals surface area (Å²) in [6, 6.07) is 6.07. The van der Waals surface area contributed by atoms with Gasteiger partial charge in [-0.2, -0.15) is 0 Å². The molecule has 0 heterocycles. The Morgan fingerprint density at radius 3 is 2.45 bits per heavy atom. The van der Waals surface area contributed by atoms with E-state index in [1.165, 1.54) is 18.4 Å². The number of hydrogen-bond donors (Lipinski definition) is 0. The standard InChI is InChI=1S/C17H27BrO2/c1-6-7-13(11-18)12-20-16-9-8-14(19-5)10-15(16)17(2,3)4/h8-10,13H,6-7,11-12H2,1-5H3. The van der Waals surface area contributed by atoms with Crippen LogP contribution in [0.25, 0.3) is 0 Å². The Morgan fingerprint density at radius 2 is 1.95 bits per heavy atom. The van der Waals surface area contributed by atoms with E-state index in [4.69, 9.17) is 9.47 Å². The van der Waals surface area contributed by atoms with E-state index < -0.39 is 0 Å². The number of rotatable bonds is 7. The van der Waals surface area contributed by atoms with Crippen LogP contribution < -0.4 is 9.47 Å². The predicted molar refractivity (Wildman–Crippen MR) is 89.4 cm³/mol. The number of benzene rings is 1. The van der Waals surface area contributed by atoms with Crippen molar-refractivity contribution in [1.82, 2.24) is 0 Å². The average molecular weight is 343 g/mol. The normalized spacial score (nSPS) is 13.1. The van der Waals surface area contributed by atoms with E-state index in [1.54, 1.807) is 7.11 Å². The molecule has 0 saturated heterocycles. The number of halogens is 1. The van der Waals surface area contributed by atoms with Gasteiger partial charge in [-0.1, -0.05) is 50.0 Å². The maximum Gasteiger partial charge on any atom is 0.123 e. The zero-order valence-corrected chi connectivity index (χ0v) is 14.9. The Hall–Kier alpha value is -0.700. The molecule has 1 aromatic rings. The Bertz CT molecular complexity index is 410. The van der Waals surface area contributed by atoms with Crippen LogP contribution in [-0.4, -0.2) is 19.0 Å². The highest BCUT2D eigenvalue weighted by Gasteiger charge is 2.20. The highest BCUT2D eigenvalue weighted by molar-refractivity contribution is 9.09. The van der Waals surface area contributed by atoms with Crippen molar-refractivity contribution in [2.75, 3.05) is 19.0 Å². The summed E-state index contributed by atoms with van der Waals surface area (Å²) in [7, 11) is 1.70. The predicted octanol–water partition coefficient (Wildman–Crippen LogP) is 5.18. The zero-order valence-electron chi connectivity index (χ0n) is 13.3. The van der Waals surface area contributed by atoms with Gasteiger partial charge in [-0.3, -0.25) is 0 Å². The third-order valence-corrected chi connectivity index (χ3v) is 4.30. The van der Waals surface area contributed by atoms with Crippen LogP contribution in [0.3, 0.4) is 0 Å². The molecule has 0 saturated carbocycles. The lowest BCUT2D eigenvalue weighted by molar-refractivity contribution is 0.249. The molecule has 0 radical (unpaired) electrons. The highest BCUT2D eigenvalue weighted by atomic mass is 79.9. The molecule has 1 atom stereocenters. The van der Waals surface area contributed by atoms with Crippen molar-refractivity contribution in [3.8, 4) is 11.5 Å². The Labute approximate surface area is 132 Å². The van der Waals surface area contributed by atoms with E-state index in [0.29, 0.717) is 5.92 Å². The summed E-state index contributed by atoms with van der Waals surface area (Å²) in [6.45, 7) is 9.56. The molecule has 1 aromatic carbocycles. The highest BCUT2D eigenvalue weighted by Crippen LogP contribution is 2.34. The molecule has 0 bridgehead atoms. The van der Waals surface area contributed by atoms with Crippen LogP contribution in [0.2, 0.25) is 0 Å². The molecule has 2 nitrogen and oxygen atoms in total. The van der Waals surface area contributed by atoms with E-state index in [-0.39, 0.29) is 5.41 Å². The first-order valence-electron chi connectivity index (χ1n) is 7.29. The quantitative estimate of drug-likeness (QED) is 0.635. The summed E-state index contributed by atoms with van der Waals surface area (Å²) >= 11 is 3.57. The fourth-order valence-corrected chi connectivity index (χ4v) is 2.68. The van der Waals surface area contributed by atoms with E-state index in [1.807, 2.05) is 12.1 Å². The van der Waals surface area contributed by atoms with Crippen LogP contribution in [0, 0.1) is 5.92 Å². The van der Waals surface area contributed by atoms with Gasteiger partial charge in [-0.15, -0.1) is 0 Å². The van der Waals surface area contributed by atoms with Crippen molar-refractivity contribution in [2.24, 2.45) is 5.92 Å². The summed E-state index contributed by atoms with van der Waals surface area (Å²) in [5.74, 6) is 2.42. The van der Waals surface area contributed by atoms with Gasteiger partial charge in [-0.25, -0.2) is 0 Å². The van der Waals surface area contributed by atoms with Crippen molar-refractivity contribution < 1.29 is 9.47 Å². The molecule has 0 aliphatic heterocycles. The third-order valence-electron chi connectivity index (χ3n) is 3.38. The average Bonchev–Trinajstić information content (AvgIpc) is 2.42. The molecule has 0 spiro atoms. The van der Waals surface area contributed by atoms with Crippen LogP contribution in [-0.2, 0) is 5.41 Å². The number of ether oxygens (including phenoxy) is 2. The first kappa shape index (κ1) is 17.4. The van der Waals surface area contributed by atoms with Gasteiger partial charge in [0, 0.05) is 16.8 Å². The molecule has 0 aliphatic carbocycles. The fourth-order valence-electron chi connectivity index (χ4n) is 2.17. The second-order valence-electron chi connectivity index (χ2n) is 6.23. The molecule has 114 valence electrons. The van der Waals surface area contributed by atoms with Crippen LogP contribution >= 0.6 is 15.9 Å². The van der Waals surface area contributed by atoms with Crippen molar-refractivity contribution in [3.63, 3.8) is 0 Å². The van der Waals surface area contributed by atoms with E-state index in [0.717, 1.165) is 23.4 Å². The summed E-state index contributed by atoms with van der Waals surface area (Å²) in [4.78, 5) is 0. The second-order valence-corrected chi connectivity index (χ2v) is 6.88. The molecule has 0 fully saturated rings. The second kappa shape index (κ2) is 7.92. The maximum atomic E-state index is 6.08. The molecular formula is C17H27BrO2. The molecule has 3 heteroatoms. The van der Waals surface area contributed by atoms with Crippen LogP contribution in [0.15, 0.2) is 18.2 Å². The van der Waals surface area contributed by atoms with E-state index in [9.17, 15) is 0 Å². The maximum absolute atomic E-state index is 6.08. The Morgan fingerprint density at radius 1 is 1.25 bits per heavy atom. The van der Waals surface area contributed by atoms with Crippen LogP contribution in [0.1, 0.15) is 46.1 Å². The summed E-state index contributed by atoms with van der Waals surface area (Å²) in [5.41, 5.74) is 1.24. The van der Waals surface area contributed by atoms with Gasteiger partial charge in [0.25, 0.3) is 0 Å². The zero-order chi connectivity index (χ0) is 15.2. The molecule has 1 unspecified atom stereocenters. The van der Waals surface area contributed by atoms with Gasteiger partial charge in [0.1, 0.15) is 11.5 Å². The van der Waals surface area contributed by atoms with Crippen LogP contribution in [0.5, 0.6) is 11.5 Å². The third kappa shape index (κ3) is 5.01. The SMILES string of the molecule is CCCC(CBr)COc1ccc(OC)cc1C(C)(C)C. The molecule has 20 heavy (non-hydrogen) atoms. The molecule has 0 N–H and O–H groups in total. The molecule has 0 aliphatic rings. The van der Waals surface area contributed by atoms with Gasteiger partial charge in [0.2, 0.25) is 0 Å². The molecule has 0 amide bonds. The summed E-state index contributed by atoms with van der Waals surface area (Å²) < 4.78 is 11.4. The van der Waals surface area contributed by atoms with E-state index >= 15 is 0 Å². The molecule has 1 rings (SSSR count). The van der Waals surface area contributed by atoms with Crippen molar-refractivity contribution in [2.45, 2.75) is 46.0 Å². The first-order chi connectivity index (χ1) is 9.42. The van der Waals surface area contributed by atoms with Crippen molar-refractivity contribution >= 4 is 15.9 Å². The van der Waals surface area contributed by atoms with Gasteiger partial charge in [-0.05, 0) is 30.0 Å². The first-order valence-corrected chi connectivity index (χ1v) is 8.41. The van der Waals surface area contributed by atoms with Gasteiger partial charge < -0.3 is 9.47 Å². The minimum atomic E-state index is 0.0402. The lowest BCUT2D eigenvalue weighted by Crippen LogP contribution is -2.17. The lowest BCUT2D eigenvalue weighted by atomic mass is 9.86. The number of methoxy groups -OCH3 is 1. The number of alkyl halides is 1. The smallest absolute Gasteiger partial charge is 0.123 e. The van der Waals surface area contributed by atoms with Gasteiger partial charge in [0.15, 0.2) is 0 Å². The van der Waals surface area contributed by atoms with Gasteiger partial charge in [0.05, 0.1) is 13.7 Å². The topological polar surface area (TPSA) is 18.5 Å². The fraction of sp³-hybridized carbons (Fsp3) is 0.647.